The fraction of sp³-hybridized carbons (Fsp3) is 0.778. The quantitative estimate of drug-likeness (QED) is 0.628. The molecule has 0 saturated carbocycles. The molecule has 0 heterocycles. The van der Waals surface area contributed by atoms with Crippen molar-refractivity contribution in [2.75, 3.05) is 48.0 Å². The van der Waals surface area contributed by atoms with Crippen LogP contribution in [0.2, 0.25) is 0 Å². The molecule has 0 aromatic carbocycles. The van der Waals surface area contributed by atoms with Crippen LogP contribution in [0.25, 0.3) is 0 Å². The van der Waals surface area contributed by atoms with Crippen LogP contribution in [0.5, 0.6) is 0 Å². The summed E-state index contributed by atoms with van der Waals surface area (Å²) >= 11 is 0. The van der Waals surface area contributed by atoms with Crippen molar-refractivity contribution in [1.82, 2.24) is 12.9 Å². The highest BCUT2D eigenvalue weighted by atomic mass is 32.3. The minimum absolute atomic E-state index is 1.00. The van der Waals surface area contributed by atoms with Gasteiger partial charge in [-0.2, -0.15) is 0 Å². The summed E-state index contributed by atoms with van der Waals surface area (Å²) in [7, 11) is 11.7. The van der Waals surface area contributed by atoms with Crippen LogP contribution in [-0.2, 0) is 0 Å². The Labute approximate surface area is 84.7 Å². The molecule has 0 unspecified atom stereocenters. The number of rotatable bonds is 5. The fourth-order valence-electron chi connectivity index (χ4n) is 1.59. The molecule has 0 fully saturated rings. The zero-order valence-electron chi connectivity index (χ0n) is 9.74. The van der Waals surface area contributed by atoms with E-state index in [-0.39, 0.29) is 0 Å². The zero-order chi connectivity index (χ0) is 10.6. The summed E-state index contributed by atoms with van der Waals surface area (Å²) in [5, 5.41) is 0. The Balaban J connectivity index is 4.92. The normalized spacial score (nSPS) is 14.2. The van der Waals surface area contributed by atoms with Gasteiger partial charge in [0, 0.05) is 5.75 Å². The lowest BCUT2D eigenvalue weighted by atomic mass is 10.8. The SMILES string of the molecule is C=CCS(N(C)C)(N(C)C)N(C)C. The van der Waals surface area contributed by atoms with Gasteiger partial charge in [-0.25, -0.2) is 0 Å². The van der Waals surface area contributed by atoms with E-state index < -0.39 is 10.6 Å². The van der Waals surface area contributed by atoms with Crippen LogP contribution in [-0.4, -0.2) is 61.0 Å². The molecule has 4 heteroatoms. The molecule has 0 radical (unpaired) electrons. The van der Waals surface area contributed by atoms with Crippen LogP contribution < -0.4 is 0 Å². The first-order chi connectivity index (χ1) is 5.89. The lowest BCUT2D eigenvalue weighted by Gasteiger charge is -2.54. The average molecular weight is 205 g/mol. The van der Waals surface area contributed by atoms with E-state index in [2.05, 4.69) is 61.8 Å². The third-order valence-electron chi connectivity index (χ3n) is 2.10. The van der Waals surface area contributed by atoms with Gasteiger partial charge >= 0.3 is 0 Å². The highest BCUT2D eigenvalue weighted by Gasteiger charge is 2.30. The summed E-state index contributed by atoms with van der Waals surface area (Å²) in [5.74, 6) is 1.00. The van der Waals surface area contributed by atoms with E-state index in [9.17, 15) is 0 Å². The molecule has 0 bridgehead atoms. The van der Waals surface area contributed by atoms with Gasteiger partial charge in [-0.3, -0.25) is 12.9 Å². The van der Waals surface area contributed by atoms with Gasteiger partial charge in [0.1, 0.15) is 0 Å². The Kier molecular flexibility index (Phi) is 4.99. The molecule has 0 N–H and O–H groups in total. The topological polar surface area (TPSA) is 9.72 Å². The molecule has 80 valence electrons. The monoisotopic (exact) mass is 205 g/mol. The molecule has 0 aliphatic heterocycles. The average Bonchev–Trinajstić information content (AvgIpc) is 1.97. The molecule has 0 spiro atoms. The number of nitrogens with zero attached hydrogens (tertiary/aromatic N) is 3. The van der Waals surface area contributed by atoms with Crippen molar-refractivity contribution in [1.29, 1.82) is 0 Å². The molecule has 0 rings (SSSR count). The lowest BCUT2D eigenvalue weighted by Crippen LogP contribution is -2.42. The van der Waals surface area contributed by atoms with Gasteiger partial charge in [0.2, 0.25) is 0 Å². The molecular formula is C9H23N3S. The largest absolute Gasteiger partial charge is 0.251 e. The van der Waals surface area contributed by atoms with Gasteiger partial charge in [-0.1, -0.05) is 16.7 Å². The van der Waals surface area contributed by atoms with E-state index >= 15 is 0 Å². The van der Waals surface area contributed by atoms with Gasteiger partial charge in [0.15, 0.2) is 0 Å². The van der Waals surface area contributed by atoms with Crippen molar-refractivity contribution in [2.45, 2.75) is 0 Å². The highest BCUT2D eigenvalue weighted by molar-refractivity contribution is 8.27. The molecular weight excluding hydrogens is 182 g/mol. The van der Waals surface area contributed by atoms with Crippen molar-refractivity contribution in [2.24, 2.45) is 0 Å². The van der Waals surface area contributed by atoms with Gasteiger partial charge in [0.05, 0.1) is 0 Å². The van der Waals surface area contributed by atoms with Gasteiger partial charge < -0.3 is 0 Å². The number of hydrogen-bond acceptors (Lipinski definition) is 3. The molecule has 0 saturated heterocycles. The van der Waals surface area contributed by atoms with Crippen molar-refractivity contribution >= 4 is 10.6 Å². The summed E-state index contributed by atoms with van der Waals surface area (Å²) < 4.78 is 6.86. The third kappa shape index (κ3) is 2.47. The van der Waals surface area contributed by atoms with E-state index in [1.165, 1.54) is 0 Å². The van der Waals surface area contributed by atoms with Crippen LogP contribution >= 0.6 is 10.6 Å². The predicted molar refractivity (Wildman–Crippen MR) is 63.7 cm³/mol. The molecule has 0 atom stereocenters. The first kappa shape index (κ1) is 13.0. The lowest BCUT2D eigenvalue weighted by molar-refractivity contribution is 0.497. The summed E-state index contributed by atoms with van der Waals surface area (Å²) in [5.41, 5.74) is 0. The molecule has 0 aromatic rings. The van der Waals surface area contributed by atoms with Gasteiger partial charge in [-0.15, -0.1) is 6.58 Å². The fourth-order valence-corrected chi connectivity index (χ4v) is 4.76. The smallest absolute Gasteiger partial charge is 0.0326 e. The maximum atomic E-state index is 3.83. The standard InChI is InChI=1S/C9H23N3S/c1-8-9-13(10(2)3,11(4)5)12(6)7/h8H,1,9H2,2-7H3. The minimum Gasteiger partial charge on any atom is -0.251 e. The van der Waals surface area contributed by atoms with Crippen molar-refractivity contribution in [3.05, 3.63) is 12.7 Å². The maximum Gasteiger partial charge on any atom is 0.0326 e. The van der Waals surface area contributed by atoms with E-state index in [1.807, 2.05) is 6.08 Å². The van der Waals surface area contributed by atoms with Crippen LogP contribution in [0.1, 0.15) is 0 Å². The summed E-state index contributed by atoms with van der Waals surface area (Å²) in [4.78, 5) is 0. The maximum absolute atomic E-state index is 3.83. The van der Waals surface area contributed by atoms with Crippen molar-refractivity contribution in [3.8, 4) is 0 Å². The molecule has 0 aromatic heterocycles. The molecule has 3 nitrogen and oxygen atoms in total. The zero-order valence-corrected chi connectivity index (χ0v) is 10.6. The second-order valence-electron chi connectivity index (χ2n) is 3.52. The van der Waals surface area contributed by atoms with Crippen molar-refractivity contribution < 1.29 is 0 Å². The molecule has 0 amide bonds. The number of hydrogen-bond donors (Lipinski definition) is 0. The van der Waals surface area contributed by atoms with Crippen molar-refractivity contribution in [3.63, 3.8) is 0 Å². The first-order valence-corrected chi connectivity index (χ1v) is 6.01. The second kappa shape index (κ2) is 5.00. The van der Waals surface area contributed by atoms with E-state index in [1.54, 1.807) is 0 Å². The van der Waals surface area contributed by atoms with Crippen LogP contribution in [0.3, 0.4) is 0 Å². The van der Waals surface area contributed by atoms with E-state index in [0.29, 0.717) is 0 Å². The van der Waals surface area contributed by atoms with Gasteiger partial charge in [-0.05, 0) is 42.3 Å². The Morgan fingerprint density at radius 2 is 1.23 bits per heavy atom. The van der Waals surface area contributed by atoms with E-state index in [4.69, 9.17) is 0 Å². The minimum atomic E-state index is -1.01. The molecule has 13 heavy (non-hydrogen) atoms. The highest BCUT2D eigenvalue weighted by Crippen LogP contribution is 2.52. The summed E-state index contributed by atoms with van der Waals surface area (Å²) in [6, 6.07) is 0. The Morgan fingerprint density at radius 3 is 1.31 bits per heavy atom. The van der Waals surface area contributed by atoms with E-state index in [0.717, 1.165) is 5.75 Å². The van der Waals surface area contributed by atoms with Crippen LogP contribution in [0.15, 0.2) is 12.7 Å². The van der Waals surface area contributed by atoms with Crippen LogP contribution in [0.4, 0.5) is 0 Å². The first-order valence-electron chi connectivity index (χ1n) is 4.34. The van der Waals surface area contributed by atoms with Gasteiger partial charge in [0.25, 0.3) is 0 Å². The Hall–Kier alpha value is -0.0300. The second-order valence-corrected chi connectivity index (χ2v) is 7.31. The molecule has 0 aliphatic rings. The third-order valence-corrected chi connectivity index (χ3v) is 6.29. The summed E-state index contributed by atoms with van der Waals surface area (Å²) in [6.45, 7) is 3.83. The Bertz CT molecular complexity index is 144. The molecule has 0 aliphatic carbocycles. The Morgan fingerprint density at radius 1 is 0.923 bits per heavy atom. The summed E-state index contributed by atoms with van der Waals surface area (Å²) in [6.07, 6.45) is 2.00. The van der Waals surface area contributed by atoms with Crippen LogP contribution in [0, 0.1) is 0 Å². The predicted octanol–water partition coefficient (Wildman–Crippen LogP) is 1.41.